The zero-order valence-corrected chi connectivity index (χ0v) is 12.8. The first-order valence-corrected chi connectivity index (χ1v) is 8.23. The van der Waals surface area contributed by atoms with Gasteiger partial charge in [0.05, 0.1) is 28.4 Å². The fraction of sp³-hybridized carbons (Fsp3) is 0.250. The maximum atomic E-state index is 11.5. The molecule has 0 unspecified atom stereocenters. The van der Waals surface area contributed by atoms with Crippen molar-refractivity contribution < 1.29 is 13.3 Å². The fourth-order valence-electron chi connectivity index (χ4n) is 2.17. The summed E-state index contributed by atoms with van der Waals surface area (Å²) in [6, 6.07) is 6.23. The maximum absolute atomic E-state index is 11.5. The van der Waals surface area contributed by atoms with E-state index < -0.39 is 14.0 Å². The molecule has 0 aliphatic carbocycles. The number of hydrogen-bond acceptors (Lipinski definition) is 5. The van der Waals surface area contributed by atoms with E-state index in [0.717, 1.165) is 0 Å². The first-order chi connectivity index (χ1) is 9.71. The molecule has 0 radical (unpaired) electrons. The molecule has 2 rings (SSSR count). The van der Waals surface area contributed by atoms with E-state index in [2.05, 4.69) is 5.10 Å². The average molecular weight is 330 g/mol. The standard InChI is InChI=1S/C12H12ClN3O4S/c1-8-12(21(13,19)20)9(2)15(14-8)7-10-5-3-4-6-11(10)16(17)18/h3-6H,7H2,1-2H3. The summed E-state index contributed by atoms with van der Waals surface area (Å²) < 4.78 is 24.4. The molecule has 0 atom stereocenters. The first-order valence-electron chi connectivity index (χ1n) is 5.92. The van der Waals surface area contributed by atoms with Gasteiger partial charge in [-0.15, -0.1) is 0 Å². The summed E-state index contributed by atoms with van der Waals surface area (Å²) in [5, 5.41) is 15.1. The van der Waals surface area contributed by atoms with Gasteiger partial charge in [0, 0.05) is 16.7 Å². The van der Waals surface area contributed by atoms with Crippen molar-refractivity contribution in [2.45, 2.75) is 25.3 Å². The Morgan fingerprint density at radius 3 is 2.48 bits per heavy atom. The third-order valence-corrected chi connectivity index (χ3v) is 4.61. The highest BCUT2D eigenvalue weighted by Gasteiger charge is 2.23. The zero-order chi connectivity index (χ0) is 15.8. The van der Waals surface area contributed by atoms with Gasteiger partial charge in [0.1, 0.15) is 4.90 Å². The van der Waals surface area contributed by atoms with Crippen molar-refractivity contribution in [3.63, 3.8) is 0 Å². The van der Waals surface area contributed by atoms with Crippen LogP contribution in [0.25, 0.3) is 0 Å². The normalized spacial score (nSPS) is 11.6. The molecule has 9 heteroatoms. The second-order valence-corrected chi connectivity index (χ2v) is 6.98. The lowest BCUT2D eigenvalue weighted by Gasteiger charge is -2.05. The molecule has 2 aromatic rings. The third kappa shape index (κ3) is 3.06. The number of nitro groups is 1. The molecule has 1 heterocycles. The largest absolute Gasteiger partial charge is 0.274 e. The highest BCUT2D eigenvalue weighted by Crippen LogP contribution is 2.25. The Balaban J connectivity index is 2.50. The number of hydrogen-bond donors (Lipinski definition) is 0. The predicted octanol–water partition coefficient (Wildman–Crippen LogP) is 2.38. The Morgan fingerprint density at radius 2 is 1.95 bits per heavy atom. The van der Waals surface area contributed by atoms with Crippen molar-refractivity contribution >= 4 is 25.4 Å². The number of halogens is 1. The van der Waals surface area contributed by atoms with Gasteiger partial charge in [-0.2, -0.15) is 5.10 Å². The van der Waals surface area contributed by atoms with Crippen molar-refractivity contribution in [3.05, 3.63) is 51.3 Å². The number of rotatable bonds is 4. The Kier molecular flexibility index (Phi) is 4.02. The van der Waals surface area contributed by atoms with Gasteiger partial charge in [-0.1, -0.05) is 18.2 Å². The smallest absolute Gasteiger partial charge is 0.264 e. The monoisotopic (exact) mass is 329 g/mol. The molecule has 0 N–H and O–H groups in total. The van der Waals surface area contributed by atoms with Gasteiger partial charge in [-0.05, 0) is 13.8 Å². The van der Waals surface area contributed by atoms with Gasteiger partial charge in [-0.25, -0.2) is 8.42 Å². The fourth-order valence-corrected chi connectivity index (χ4v) is 3.69. The van der Waals surface area contributed by atoms with Crippen LogP contribution in [0.3, 0.4) is 0 Å². The molecule has 0 amide bonds. The van der Waals surface area contributed by atoms with Crippen molar-refractivity contribution in [1.29, 1.82) is 0 Å². The van der Waals surface area contributed by atoms with E-state index in [1.165, 1.54) is 17.7 Å². The number of nitro benzene ring substituents is 1. The van der Waals surface area contributed by atoms with E-state index in [1.807, 2.05) is 0 Å². The third-order valence-electron chi connectivity index (χ3n) is 3.07. The average Bonchev–Trinajstić information content (AvgIpc) is 2.64. The highest BCUT2D eigenvalue weighted by molar-refractivity contribution is 8.13. The Hall–Kier alpha value is -1.93. The molecule has 0 bridgehead atoms. The molecule has 0 spiro atoms. The van der Waals surface area contributed by atoms with Gasteiger partial charge < -0.3 is 0 Å². The van der Waals surface area contributed by atoms with Crippen LogP contribution in [0, 0.1) is 24.0 Å². The summed E-state index contributed by atoms with van der Waals surface area (Å²) in [5.41, 5.74) is 1.01. The number of benzene rings is 1. The molecule has 0 fully saturated rings. The van der Waals surface area contributed by atoms with Crippen molar-refractivity contribution in [2.75, 3.05) is 0 Å². The number of aryl methyl sites for hydroxylation is 1. The zero-order valence-electron chi connectivity index (χ0n) is 11.3. The van der Waals surface area contributed by atoms with E-state index >= 15 is 0 Å². The van der Waals surface area contributed by atoms with Crippen LogP contribution >= 0.6 is 10.7 Å². The van der Waals surface area contributed by atoms with Gasteiger partial charge in [0.15, 0.2) is 0 Å². The summed E-state index contributed by atoms with van der Waals surface area (Å²) in [7, 11) is 1.47. The van der Waals surface area contributed by atoms with Crippen LogP contribution in [0.5, 0.6) is 0 Å². The Bertz CT molecular complexity index is 814. The molecule has 0 saturated heterocycles. The second kappa shape index (κ2) is 5.45. The summed E-state index contributed by atoms with van der Waals surface area (Å²) in [5.74, 6) is 0. The number of para-hydroxylation sites is 1. The molecule has 0 aliphatic heterocycles. The van der Waals surface area contributed by atoms with Crippen LogP contribution in [0.15, 0.2) is 29.2 Å². The van der Waals surface area contributed by atoms with Crippen LogP contribution < -0.4 is 0 Å². The summed E-state index contributed by atoms with van der Waals surface area (Å²) in [6.45, 7) is 3.18. The lowest BCUT2D eigenvalue weighted by Crippen LogP contribution is -2.07. The minimum absolute atomic E-state index is 0.0414. The van der Waals surface area contributed by atoms with E-state index in [9.17, 15) is 18.5 Å². The van der Waals surface area contributed by atoms with E-state index in [4.69, 9.17) is 10.7 Å². The molecule has 0 aliphatic rings. The summed E-state index contributed by atoms with van der Waals surface area (Å²) in [4.78, 5) is 10.4. The van der Waals surface area contributed by atoms with Gasteiger partial charge in [0.25, 0.3) is 14.7 Å². The predicted molar refractivity (Wildman–Crippen MR) is 76.9 cm³/mol. The minimum atomic E-state index is -3.91. The topological polar surface area (TPSA) is 95.1 Å². The van der Waals surface area contributed by atoms with E-state index in [0.29, 0.717) is 11.3 Å². The van der Waals surface area contributed by atoms with Crippen LogP contribution in [0.2, 0.25) is 0 Å². The van der Waals surface area contributed by atoms with E-state index in [1.54, 1.807) is 25.1 Å². The van der Waals surface area contributed by atoms with Crippen LogP contribution in [-0.2, 0) is 15.6 Å². The maximum Gasteiger partial charge on any atom is 0.274 e. The SMILES string of the molecule is Cc1nn(Cc2ccccc2[N+](=O)[O-])c(C)c1S(=O)(=O)Cl. The van der Waals surface area contributed by atoms with Crippen LogP contribution in [0.4, 0.5) is 5.69 Å². The molecular formula is C12H12ClN3O4S. The van der Waals surface area contributed by atoms with Gasteiger partial charge in [0.2, 0.25) is 0 Å². The lowest BCUT2D eigenvalue weighted by molar-refractivity contribution is -0.385. The molecule has 1 aromatic carbocycles. The van der Waals surface area contributed by atoms with Gasteiger partial charge in [-0.3, -0.25) is 14.8 Å². The lowest BCUT2D eigenvalue weighted by atomic mass is 10.2. The number of nitrogens with zero attached hydrogens (tertiary/aromatic N) is 3. The molecular weight excluding hydrogens is 318 g/mol. The minimum Gasteiger partial charge on any atom is -0.264 e. The summed E-state index contributed by atoms with van der Waals surface area (Å²) >= 11 is 0. The molecule has 1 aromatic heterocycles. The van der Waals surface area contributed by atoms with Crippen molar-refractivity contribution in [1.82, 2.24) is 9.78 Å². The molecule has 0 saturated carbocycles. The first kappa shape index (κ1) is 15.5. The molecule has 112 valence electrons. The van der Waals surface area contributed by atoms with Crippen LogP contribution in [-0.4, -0.2) is 23.1 Å². The molecule has 21 heavy (non-hydrogen) atoms. The number of aromatic nitrogens is 2. The van der Waals surface area contributed by atoms with Gasteiger partial charge >= 0.3 is 0 Å². The Morgan fingerprint density at radius 1 is 1.33 bits per heavy atom. The summed E-state index contributed by atoms with van der Waals surface area (Å²) in [6.07, 6.45) is 0. The van der Waals surface area contributed by atoms with E-state index in [-0.39, 0.29) is 22.8 Å². The van der Waals surface area contributed by atoms with Crippen LogP contribution in [0.1, 0.15) is 17.0 Å². The quantitative estimate of drug-likeness (QED) is 0.487. The Labute approximate surface area is 125 Å². The van der Waals surface area contributed by atoms with Crippen molar-refractivity contribution in [2.24, 2.45) is 0 Å². The second-order valence-electron chi connectivity index (χ2n) is 4.48. The highest BCUT2D eigenvalue weighted by atomic mass is 35.7. The van der Waals surface area contributed by atoms with Crippen molar-refractivity contribution in [3.8, 4) is 0 Å². The molecule has 7 nitrogen and oxygen atoms in total.